The molecule has 1 aromatic carbocycles. The number of benzene rings is 1. The van der Waals surface area contributed by atoms with Crippen LogP contribution >= 0.6 is 11.6 Å². The molecule has 9 heteroatoms. The van der Waals surface area contributed by atoms with E-state index in [9.17, 15) is 18.8 Å². The lowest BCUT2D eigenvalue weighted by Gasteiger charge is -2.38. The lowest BCUT2D eigenvalue weighted by atomic mass is 9.89. The number of nitrogens with one attached hydrogen (secondary N) is 1. The van der Waals surface area contributed by atoms with Gasteiger partial charge in [0, 0.05) is 17.8 Å². The Morgan fingerprint density at radius 2 is 1.97 bits per heavy atom. The maximum absolute atomic E-state index is 13.8. The molecule has 152 valence electrons. The number of amides is 3. The zero-order valence-corrected chi connectivity index (χ0v) is 16.4. The predicted octanol–water partition coefficient (Wildman–Crippen LogP) is 2.91. The van der Waals surface area contributed by atoms with Gasteiger partial charge in [-0.1, -0.05) is 18.5 Å². The number of pyridine rings is 1. The lowest BCUT2D eigenvalue weighted by molar-refractivity contribution is -0.146. The highest BCUT2D eigenvalue weighted by Gasteiger charge is 2.34. The molecule has 0 radical (unpaired) electrons. The first kappa shape index (κ1) is 20.7. The minimum atomic E-state index is -0.880. The summed E-state index contributed by atoms with van der Waals surface area (Å²) in [6.45, 7) is 2.33. The number of nitrogens with zero attached hydrogens (tertiary/aromatic N) is 2. The Balaban J connectivity index is 1.83. The first-order valence-electron chi connectivity index (χ1n) is 9.07. The van der Waals surface area contributed by atoms with Crippen molar-refractivity contribution in [2.75, 3.05) is 11.9 Å². The molecule has 2 aromatic rings. The van der Waals surface area contributed by atoms with Crippen LogP contribution in [-0.4, -0.2) is 34.2 Å². The van der Waals surface area contributed by atoms with Gasteiger partial charge in [-0.3, -0.25) is 19.4 Å². The van der Waals surface area contributed by atoms with Crippen molar-refractivity contribution in [2.45, 2.75) is 25.8 Å². The second-order valence-electron chi connectivity index (χ2n) is 7.14. The third kappa shape index (κ3) is 4.89. The van der Waals surface area contributed by atoms with Crippen LogP contribution in [0.5, 0.6) is 0 Å². The van der Waals surface area contributed by atoms with Gasteiger partial charge in [-0.05, 0) is 48.6 Å². The zero-order valence-electron chi connectivity index (χ0n) is 15.7. The highest BCUT2D eigenvalue weighted by Crippen LogP contribution is 2.35. The number of hydrogen-bond acceptors (Lipinski definition) is 4. The van der Waals surface area contributed by atoms with E-state index in [1.54, 1.807) is 6.07 Å². The molecule has 2 atom stereocenters. The predicted molar refractivity (Wildman–Crippen MR) is 106 cm³/mol. The van der Waals surface area contributed by atoms with Gasteiger partial charge in [-0.2, -0.15) is 0 Å². The number of carbonyl (C=O) groups is 3. The van der Waals surface area contributed by atoms with Gasteiger partial charge in [0.2, 0.25) is 5.91 Å². The van der Waals surface area contributed by atoms with Crippen LogP contribution in [0, 0.1) is 11.7 Å². The molecule has 1 aliphatic heterocycles. The Bertz CT molecular complexity index is 948. The van der Waals surface area contributed by atoms with Crippen LogP contribution in [0.1, 0.15) is 41.7 Å². The maximum Gasteiger partial charge on any atom is 0.313 e. The monoisotopic (exact) mass is 418 g/mol. The minimum absolute atomic E-state index is 0.106. The number of piperidine rings is 1. The van der Waals surface area contributed by atoms with Gasteiger partial charge in [0.25, 0.3) is 0 Å². The van der Waals surface area contributed by atoms with Gasteiger partial charge in [0.1, 0.15) is 5.82 Å². The van der Waals surface area contributed by atoms with E-state index in [0.29, 0.717) is 18.5 Å². The van der Waals surface area contributed by atoms with E-state index in [1.807, 2.05) is 6.92 Å². The fourth-order valence-electron chi connectivity index (χ4n) is 3.45. The number of aromatic nitrogens is 1. The molecule has 7 nitrogen and oxygen atoms in total. The number of halogens is 2. The van der Waals surface area contributed by atoms with E-state index in [1.165, 1.54) is 35.5 Å². The van der Waals surface area contributed by atoms with Crippen LogP contribution in [0.15, 0.2) is 36.7 Å². The third-order valence-corrected chi connectivity index (χ3v) is 5.04. The number of likely N-dealkylation sites (tertiary alicyclic amines) is 1. The van der Waals surface area contributed by atoms with Gasteiger partial charge in [0.05, 0.1) is 23.5 Å². The molecule has 1 aliphatic rings. The number of carbonyl (C=O) groups excluding carboxylic acids is 3. The molecule has 2 heterocycles. The van der Waals surface area contributed by atoms with E-state index < -0.39 is 29.6 Å². The van der Waals surface area contributed by atoms with Crippen LogP contribution in [0.3, 0.4) is 0 Å². The van der Waals surface area contributed by atoms with Crippen LogP contribution in [0.2, 0.25) is 5.02 Å². The average Bonchev–Trinajstić information content (AvgIpc) is 2.66. The number of rotatable bonds is 3. The molecule has 1 fully saturated rings. The molecule has 0 aliphatic carbocycles. The Hall–Kier alpha value is -3.00. The third-order valence-electron chi connectivity index (χ3n) is 4.82. The Kier molecular flexibility index (Phi) is 6.12. The van der Waals surface area contributed by atoms with E-state index >= 15 is 0 Å². The molecule has 1 saturated heterocycles. The van der Waals surface area contributed by atoms with Crippen LogP contribution in [0.4, 0.5) is 10.1 Å². The second-order valence-corrected chi connectivity index (χ2v) is 7.58. The SMILES string of the molecule is C[C@H]1CC[C@@H](c2cc(F)cc(Cl)c2)N(C(=O)C(=O)Nc2cncc(C(N)=O)c2)C1. The van der Waals surface area contributed by atoms with Gasteiger partial charge < -0.3 is 16.0 Å². The van der Waals surface area contributed by atoms with Gasteiger partial charge in [-0.25, -0.2) is 4.39 Å². The van der Waals surface area contributed by atoms with Crippen molar-refractivity contribution in [3.8, 4) is 0 Å². The summed E-state index contributed by atoms with van der Waals surface area (Å²) in [5.74, 6) is -2.65. The molecule has 29 heavy (non-hydrogen) atoms. The summed E-state index contributed by atoms with van der Waals surface area (Å²) in [4.78, 5) is 42.0. The number of primary amides is 1. The Labute approximate surface area is 172 Å². The normalized spacial score (nSPS) is 18.9. The largest absolute Gasteiger partial charge is 0.366 e. The van der Waals surface area contributed by atoms with Crippen LogP contribution in [0.25, 0.3) is 0 Å². The van der Waals surface area contributed by atoms with Crippen molar-refractivity contribution in [2.24, 2.45) is 11.7 Å². The topological polar surface area (TPSA) is 105 Å². The number of nitrogens with two attached hydrogens (primary N) is 1. The maximum atomic E-state index is 13.8. The van der Waals surface area contributed by atoms with Gasteiger partial charge >= 0.3 is 11.8 Å². The quantitative estimate of drug-likeness (QED) is 0.747. The molecular weight excluding hydrogens is 399 g/mol. The second kappa shape index (κ2) is 8.57. The minimum Gasteiger partial charge on any atom is -0.366 e. The highest BCUT2D eigenvalue weighted by molar-refractivity contribution is 6.39. The fraction of sp³-hybridized carbons (Fsp3) is 0.300. The van der Waals surface area contributed by atoms with Crippen LogP contribution < -0.4 is 11.1 Å². The summed E-state index contributed by atoms with van der Waals surface area (Å²) >= 11 is 5.97. The van der Waals surface area contributed by atoms with Crippen molar-refractivity contribution in [1.82, 2.24) is 9.88 Å². The molecule has 0 saturated carbocycles. The van der Waals surface area contributed by atoms with Gasteiger partial charge in [0.15, 0.2) is 0 Å². The molecule has 0 unspecified atom stereocenters. The van der Waals surface area contributed by atoms with E-state index in [0.717, 1.165) is 6.42 Å². The summed E-state index contributed by atoms with van der Waals surface area (Å²) in [5, 5.41) is 2.67. The fourth-order valence-corrected chi connectivity index (χ4v) is 3.68. The van der Waals surface area contributed by atoms with Crippen molar-refractivity contribution in [3.05, 3.63) is 58.6 Å². The van der Waals surface area contributed by atoms with Crippen molar-refractivity contribution in [3.63, 3.8) is 0 Å². The van der Waals surface area contributed by atoms with Crippen molar-refractivity contribution < 1.29 is 18.8 Å². The van der Waals surface area contributed by atoms with E-state index in [-0.39, 0.29) is 22.2 Å². The molecule has 3 amide bonds. The molecule has 3 N–H and O–H groups in total. The smallest absolute Gasteiger partial charge is 0.313 e. The summed E-state index contributed by atoms with van der Waals surface area (Å²) in [6, 6.07) is 4.99. The highest BCUT2D eigenvalue weighted by atomic mass is 35.5. The standard InChI is InChI=1S/C20H20ClFN4O3/c1-11-2-3-17(12-4-14(21)7-15(22)5-12)26(10-11)20(29)19(28)25-16-6-13(18(23)27)8-24-9-16/h4-9,11,17H,2-3,10H2,1H3,(H2,23,27)(H,25,28)/t11-,17-/m0/s1. The van der Waals surface area contributed by atoms with E-state index in [2.05, 4.69) is 10.3 Å². The summed E-state index contributed by atoms with van der Waals surface area (Å²) in [7, 11) is 0. The van der Waals surface area contributed by atoms with E-state index in [4.69, 9.17) is 17.3 Å². The molecule has 0 spiro atoms. The van der Waals surface area contributed by atoms with Gasteiger partial charge in [-0.15, -0.1) is 0 Å². The first-order valence-corrected chi connectivity index (χ1v) is 9.45. The molecular formula is C20H20ClFN4O3. The molecule has 1 aromatic heterocycles. The lowest BCUT2D eigenvalue weighted by Crippen LogP contribution is -2.46. The zero-order chi connectivity index (χ0) is 21.1. The van der Waals surface area contributed by atoms with Crippen molar-refractivity contribution in [1.29, 1.82) is 0 Å². The summed E-state index contributed by atoms with van der Waals surface area (Å²) < 4.78 is 13.8. The summed E-state index contributed by atoms with van der Waals surface area (Å²) in [6.07, 6.45) is 3.98. The average molecular weight is 419 g/mol. The Morgan fingerprint density at radius 1 is 1.21 bits per heavy atom. The number of hydrogen-bond donors (Lipinski definition) is 2. The number of anilines is 1. The summed E-state index contributed by atoms with van der Waals surface area (Å²) in [5.41, 5.74) is 6.03. The Morgan fingerprint density at radius 3 is 2.66 bits per heavy atom. The van der Waals surface area contributed by atoms with Crippen molar-refractivity contribution >= 4 is 35.0 Å². The van der Waals surface area contributed by atoms with Crippen LogP contribution in [-0.2, 0) is 9.59 Å². The molecule has 3 rings (SSSR count). The first-order chi connectivity index (χ1) is 13.7. The molecule has 0 bridgehead atoms.